The predicted molar refractivity (Wildman–Crippen MR) is 82.5 cm³/mol. The molecule has 5 nitrogen and oxygen atoms in total. The Morgan fingerprint density at radius 2 is 1.41 bits per heavy atom. The van der Waals surface area contributed by atoms with E-state index in [4.69, 9.17) is 14.2 Å². The van der Waals surface area contributed by atoms with Gasteiger partial charge in [-0.3, -0.25) is 9.59 Å². The molecule has 0 atom stereocenters. The number of carbonyl (C=O) groups is 2. The number of hydrogen-bond donors (Lipinski definition) is 0. The van der Waals surface area contributed by atoms with E-state index in [1.165, 1.54) is 21.0 Å². The molecule has 0 fully saturated rings. The lowest BCUT2D eigenvalue weighted by atomic mass is 10.0. The number of esters is 2. The van der Waals surface area contributed by atoms with Gasteiger partial charge in [-0.05, 0) is 6.42 Å². The quantitative estimate of drug-likeness (QED) is 0.641. The van der Waals surface area contributed by atoms with Crippen LogP contribution in [0.4, 0.5) is 0 Å². The first-order valence-corrected chi connectivity index (χ1v) is 6.98. The highest BCUT2D eigenvalue weighted by atomic mass is 16.6. The molecule has 0 radical (unpaired) electrons. The lowest BCUT2D eigenvalue weighted by Gasteiger charge is -2.19. The molecule has 5 heteroatoms. The summed E-state index contributed by atoms with van der Waals surface area (Å²) in [6.07, 6.45) is 0.560. The van der Waals surface area contributed by atoms with E-state index >= 15 is 0 Å². The van der Waals surface area contributed by atoms with Gasteiger partial charge in [0.05, 0.1) is 7.11 Å². The summed E-state index contributed by atoms with van der Waals surface area (Å²) in [4.78, 5) is 22.9. The van der Waals surface area contributed by atoms with Crippen LogP contribution in [0.2, 0.25) is 0 Å². The fourth-order valence-corrected chi connectivity index (χ4v) is 2.45. The third-order valence-corrected chi connectivity index (χ3v) is 3.22. The molecule has 0 unspecified atom stereocenters. The van der Waals surface area contributed by atoms with Crippen molar-refractivity contribution in [3.63, 3.8) is 0 Å². The van der Waals surface area contributed by atoms with Gasteiger partial charge in [0, 0.05) is 30.2 Å². The minimum atomic E-state index is -0.439. The van der Waals surface area contributed by atoms with Crippen LogP contribution in [-0.4, -0.2) is 19.0 Å². The van der Waals surface area contributed by atoms with Gasteiger partial charge in [-0.2, -0.15) is 0 Å². The molecule has 0 heterocycles. The first-order valence-electron chi connectivity index (χ1n) is 6.98. The number of rotatable bonds is 4. The zero-order chi connectivity index (χ0) is 16.3. The summed E-state index contributed by atoms with van der Waals surface area (Å²) in [6, 6.07) is 7.26. The molecule has 0 saturated heterocycles. The van der Waals surface area contributed by atoms with Crippen molar-refractivity contribution >= 4 is 22.7 Å². The average Bonchev–Trinajstić information content (AvgIpc) is 2.48. The van der Waals surface area contributed by atoms with Crippen LogP contribution in [0.15, 0.2) is 24.3 Å². The average molecular weight is 302 g/mol. The molecule has 2 rings (SSSR count). The number of carbonyl (C=O) groups excluding carboxylic acids is 2. The molecule has 0 bridgehead atoms. The molecular weight excluding hydrogens is 284 g/mol. The van der Waals surface area contributed by atoms with E-state index in [0.29, 0.717) is 40.0 Å². The van der Waals surface area contributed by atoms with Gasteiger partial charge in [0.2, 0.25) is 0 Å². The number of fused-ring (bicyclic) bond motifs is 1. The molecule has 0 aliphatic rings. The van der Waals surface area contributed by atoms with Gasteiger partial charge < -0.3 is 14.2 Å². The van der Waals surface area contributed by atoms with Gasteiger partial charge in [-0.15, -0.1) is 0 Å². The topological polar surface area (TPSA) is 61.8 Å². The molecule has 0 N–H and O–H groups in total. The van der Waals surface area contributed by atoms with Crippen LogP contribution in [0, 0.1) is 0 Å². The summed E-state index contributed by atoms with van der Waals surface area (Å²) in [6.45, 7) is 4.59. The molecule has 2 aromatic rings. The number of methoxy groups -OCH3 is 1. The zero-order valence-electron chi connectivity index (χ0n) is 13.1. The summed E-state index contributed by atoms with van der Waals surface area (Å²) >= 11 is 0. The van der Waals surface area contributed by atoms with E-state index in [9.17, 15) is 9.59 Å². The molecule has 0 spiro atoms. The van der Waals surface area contributed by atoms with E-state index in [0.717, 1.165) is 0 Å². The van der Waals surface area contributed by atoms with Gasteiger partial charge in [-0.1, -0.05) is 31.2 Å². The Hall–Kier alpha value is -2.56. The Labute approximate surface area is 128 Å². The van der Waals surface area contributed by atoms with Crippen molar-refractivity contribution in [1.82, 2.24) is 0 Å². The summed E-state index contributed by atoms with van der Waals surface area (Å²) in [5.74, 6) is 0.345. The van der Waals surface area contributed by atoms with Crippen LogP contribution in [0.25, 0.3) is 10.8 Å². The van der Waals surface area contributed by atoms with Crippen molar-refractivity contribution in [2.24, 2.45) is 0 Å². The van der Waals surface area contributed by atoms with E-state index in [1.807, 2.05) is 25.1 Å². The first-order chi connectivity index (χ1) is 10.5. The van der Waals surface area contributed by atoms with Gasteiger partial charge in [0.25, 0.3) is 0 Å². The summed E-state index contributed by atoms with van der Waals surface area (Å²) in [5.41, 5.74) is 0.688. The molecule has 2 aromatic carbocycles. The smallest absolute Gasteiger partial charge is 0.308 e. The first kappa shape index (κ1) is 15.8. The van der Waals surface area contributed by atoms with Crippen LogP contribution in [0.5, 0.6) is 17.2 Å². The second-order valence-corrected chi connectivity index (χ2v) is 4.76. The predicted octanol–water partition coefficient (Wildman–Crippen LogP) is 3.26. The zero-order valence-corrected chi connectivity index (χ0v) is 13.1. The monoisotopic (exact) mass is 302 g/mol. The maximum Gasteiger partial charge on any atom is 0.308 e. The van der Waals surface area contributed by atoms with E-state index < -0.39 is 11.9 Å². The third kappa shape index (κ3) is 2.88. The number of hydrogen-bond acceptors (Lipinski definition) is 5. The minimum absolute atomic E-state index is 0.346. The van der Waals surface area contributed by atoms with Gasteiger partial charge >= 0.3 is 11.9 Å². The van der Waals surface area contributed by atoms with Crippen molar-refractivity contribution in [2.75, 3.05) is 7.11 Å². The maximum atomic E-state index is 11.4. The highest BCUT2D eigenvalue weighted by Crippen LogP contribution is 2.46. The molecule has 0 saturated carbocycles. The Balaban J connectivity index is 2.89. The largest absolute Gasteiger partial charge is 0.492 e. The fourth-order valence-electron chi connectivity index (χ4n) is 2.45. The number of benzene rings is 2. The highest BCUT2D eigenvalue weighted by molar-refractivity contribution is 5.99. The van der Waals surface area contributed by atoms with Gasteiger partial charge in [0.15, 0.2) is 11.5 Å². The van der Waals surface area contributed by atoms with Crippen LogP contribution in [-0.2, 0) is 16.0 Å². The van der Waals surface area contributed by atoms with Gasteiger partial charge in [-0.25, -0.2) is 0 Å². The standard InChI is InChI=1S/C17H18O5/c1-5-12-15(21-10(2)18)13-8-6-7-9-14(13)17(16(12)20-4)22-11(3)19/h6-9H,5H2,1-4H3. The lowest BCUT2D eigenvalue weighted by Crippen LogP contribution is -2.09. The van der Waals surface area contributed by atoms with Crippen LogP contribution in [0.1, 0.15) is 26.3 Å². The normalized spacial score (nSPS) is 10.4. The SMILES string of the molecule is CCc1c(OC)c(OC(C)=O)c2ccccc2c1OC(C)=O. The molecule has 0 amide bonds. The van der Waals surface area contributed by atoms with Crippen molar-refractivity contribution in [3.05, 3.63) is 29.8 Å². The molecule has 0 aliphatic carbocycles. The second kappa shape index (κ2) is 6.47. The van der Waals surface area contributed by atoms with Gasteiger partial charge in [0.1, 0.15) is 5.75 Å². The second-order valence-electron chi connectivity index (χ2n) is 4.76. The Bertz CT molecular complexity index is 671. The molecule has 22 heavy (non-hydrogen) atoms. The molecule has 0 aliphatic heterocycles. The lowest BCUT2D eigenvalue weighted by molar-refractivity contribution is -0.133. The van der Waals surface area contributed by atoms with Crippen molar-refractivity contribution in [3.8, 4) is 17.2 Å². The summed E-state index contributed by atoms with van der Waals surface area (Å²) in [5, 5.41) is 1.36. The van der Waals surface area contributed by atoms with Crippen LogP contribution in [0.3, 0.4) is 0 Å². The summed E-state index contributed by atoms with van der Waals surface area (Å²) in [7, 11) is 1.49. The molecular formula is C17H18O5. The maximum absolute atomic E-state index is 11.4. The van der Waals surface area contributed by atoms with E-state index in [2.05, 4.69) is 0 Å². The third-order valence-electron chi connectivity index (χ3n) is 3.22. The fraction of sp³-hybridized carbons (Fsp3) is 0.294. The molecule has 0 aromatic heterocycles. The Kier molecular flexibility index (Phi) is 4.65. The Morgan fingerprint density at radius 3 is 1.86 bits per heavy atom. The van der Waals surface area contributed by atoms with Crippen LogP contribution < -0.4 is 14.2 Å². The highest BCUT2D eigenvalue weighted by Gasteiger charge is 2.23. The van der Waals surface area contributed by atoms with Crippen molar-refractivity contribution in [2.45, 2.75) is 27.2 Å². The molecule has 116 valence electrons. The minimum Gasteiger partial charge on any atom is -0.492 e. The van der Waals surface area contributed by atoms with Crippen LogP contribution >= 0.6 is 0 Å². The van der Waals surface area contributed by atoms with E-state index in [-0.39, 0.29) is 0 Å². The Morgan fingerprint density at radius 1 is 0.909 bits per heavy atom. The van der Waals surface area contributed by atoms with Crippen molar-refractivity contribution in [1.29, 1.82) is 0 Å². The van der Waals surface area contributed by atoms with Crippen molar-refractivity contribution < 1.29 is 23.8 Å². The summed E-state index contributed by atoms with van der Waals surface area (Å²) < 4.78 is 16.2. The number of ether oxygens (including phenoxy) is 3. The van der Waals surface area contributed by atoms with E-state index in [1.54, 1.807) is 6.07 Å².